The number of hydrogen-bond acceptors (Lipinski definition) is 4. The average Bonchev–Trinajstić information content (AvgIpc) is 2.94. The van der Waals surface area contributed by atoms with Crippen LogP contribution >= 0.6 is 11.6 Å². The van der Waals surface area contributed by atoms with Gasteiger partial charge in [0.2, 0.25) is 0 Å². The maximum atomic E-state index is 12.5. The fraction of sp³-hybridized carbons (Fsp3) is 0.222. The first-order chi connectivity index (χ1) is 12.1. The number of hydrogen-bond donors (Lipinski definition) is 1. The van der Waals surface area contributed by atoms with Crippen molar-refractivity contribution in [2.45, 2.75) is 6.92 Å². The van der Waals surface area contributed by atoms with Gasteiger partial charge >= 0.3 is 0 Å². The summed E-state index contributed by atoms with van der Waals surface area (Å²) in [4.78, 5) is 16.8. The SMILES string of the molecule is COc1ccc(OCCNC(=O)c2c(C)nc3ccc(Cl)cn23)cc1. The molecule has 25 heavy (non-hydrogen) atoms. The molecule has 0 aliphatic rings. The first kappa shape index (κ1) is 17.1. The molecule has 2 heterocycles. The summed E-state index contributed by atoms with van der Waals surface area (Å²) >= 11 is 6.01. The highest BCUT2D eigenvalue weighted by Gasteiger charge is 2.16. The van der Waals surface area contributed by atoms with Gasteiger partial charge in [-0.2, -0.15) is 0 Å². The highest BCUT2D eigenvalue weighted by Crippen LogP contribution is 2.17. The molecule has 0 aliphatic carbocycles. The molecule has 0 fully saturated rings. The summed E-state index contributed by atoms with van der Waals surface area (Å²) in [7, 11) is 1.61. The van der Waals surface area contributed by atoms with E-state index in [2.05, 4.69) is 10.3 Å². The molecule has 1 amide bonds. The van der Waals surface area contributed by atoms with Crippen LogP contribution in [0.4, 0.5) is 0 Å². The van der Waals surface area contributed by atoms with Crippen molar-refractivity contribution in [1.29, 1.82) is 0 Å². The van der Waals surface area contributed by atoms with E-state index in [1.165, 1.54) is 0 Å². The predicted octanol–water partition coefficient (Wildman–Crippen LogP) is 3.11. The number of rotatable bonds is 6. The van der Waals surface area contributed by atoms with Gasteiger partial charge < -0.3 is 14.8 Å². The Kier molecular flexibility index (Phi) is 5.09. The molecule has 3 rings (SSSR count). The second-order valence-corrected chi connectivity index (χ2v) is 5.84. The number of carbonyl (C=O) groups excluding carboxylic acids is 1. The van der Waals surface area contributed by atoms with Crippen LogP contribution < -0.4 is 14.8 Å². The molecule has 1 aromatic carbocycles. The Labute approximate surface area is 150 Å². The highest BCUT2D eigenvalue weighted by atomic mass is 35.5. The van der Waals surface area contributed by atoms with E-state index in [1.54, 1.807) is 36.8 Å². The molecule has 0 bridgehead atoms. The van der Waals surface area contributed by atoms with Crippen LogP contribution in [0.3, 0.4) is 0 Å². The minimum Gasteiger partial charge on any atom is -0.497 e. The summed E-state index contributed by atoms with van der Waals surface area (Å²) < 4.78 is 12.4. The molecule has 7 heteroatoms. The van der Waals surface area contributed by atoms with Gasteiger partial charge in [-0.1, -0.05) is 11.6 Å². The third kappa shape index (κ3) is 3.85. The van der Waals surface area contributed by atoms with Crippen molar-refractivity contribution in [2.75, 3.05) is 20.3 Å². The van der Waals surface area contributed by atoms with Gasteiger partial charge in [-0.25, -0.2) is 4.98 Å². The average molecular weight is 360 g/mol. The van der Waals surface area contributed by atoms with Crippen LogP contribution in [0.5, 0.6) is 11.5 Å². The summed E-state index contributed by atoms with van der Waals surface area (Å²) in [6.45, 7) is 2.52. The molecular formula is C18H18ClN3O3. The third-order valence-corrected chi connectivity index (χ3v) is 3.91. The number of methoxy groups -OCH3 is 1. The fourth-order valence-electron chi connectivity index (χ4n) is 2.50. The van der Waals surface area contributed by atoms with E-state index in [-0.39, 0.29) is 5.91 Å². The lowest BCUT2D eigenvalue weighted by Crippen LogP contribution is -2.29. The third-order valence-electron chi connectivity index (χ3n) is 3.69. The van der Waals surface area contributed by atoms with E-state index in [4.69, 9.17) is 21.1 Å². The number of ether oxygens (including phenoxy) is 2. The van der Waals surface area contributed by atoms with Gasteiger partial charge in [0.15, 0.2) is 0 Å². The summed E-state index contributed by atoms with van der Waals surface area (Å²) in [6.07, 6.45) is 1.68. The Hall–Kier alpha value is -2.73. The van der Waals surface area contributed by atoms with E-state index in [0.29, 0.717) is 41.0 Å². The first-order valence-electron chi connectivity index (χ1n) is 7.78. The number of nitrogens with one attached hydrogen (secondary N) is 1. The first-order valence-corrected chi connectivity index (χ1v) is 8.15. The largest absolute Gasteiger partial charge is 0.497 e. The molecule has 1 N–H and O–H groups in total. The van der Waals surface area contributed by atoms with Gasteiger partial charge in [-0.3, -0.25) is 9.20 Å². The van der Waals surface area contributed by atoms with Crippen LogP contribution in [0, 0.1) is 6.92 Å². The number of amides is 1. The smallest absolute Gasteiger partial charge is 0.270 e. The number of halogens is 1. The molecule has 0 atom stereocenters. The maximum Gasteiger partial charge on any atom is 0.270 e. The molecule has 2 aromatic heterocycles. The van der Waals surface area contributed by atoms with Crippen molar-refractivity contribution in [3.63, 3.8) is 0 Å². The molecule has 0 aliphatic heterocycles. The van der Waals surface area contributed by atoms with Gasteiger partial charge in [0.25, 0.3) is 5.91 Å². The lowest BCUT2D eigenvalue weighted by Gasteiger charge is -2.09. The fourth-order valence-corrected chi connectivity index (χ4v) is 2.66. The van der Waals surface area contributed by atoms with Crippen LogP contribution in [0.1, 0.15) is 16.2 Å². The van der Waals surface area contributed by atoms with E-state index >= 15 is 0 Å². The number of pyridine rings is 1. The minimum atomic E-state index is -0.217. The summed E-state index contributed by atoms with van der Waals surface area (Å²) in [5, 5.41) is 3.38. The zero-order valence-corrected chi connectivity index (χ0v) is 14.7. The number of imidazole rings is 1. The molecule has 130 valence electrons. The van der Waals surface area contributed by atoms with Crippen molar-refractivity contribution in [3.8, 4) is 11.5 Å². The molecule has 0 saturated carbocycles. The van der Waals surface area contributed by atoms with Crippen LogP contribution in [-0.2, 0) is 0 Å². The second-order valence-electron chi connectivity index (χ2n) is 5.40. The van der Waals surface area contributed by atoms with Gasteiger partial charge in [0.1, 0.15) is 29.4 Å². The van der Waals surface area contributed by atoms with Gasteiger partial charge in [-0.05, 0) is 43.3 Å². The van der Waals surface area contributed by atoms with Crippen LogP contribution in [-0.4, -0.2) is 35.6 Å². The normalized spacial score (nSPS) is 10.7. The Morgan fingerprint density at radius 1 is 1.20 bits per heavy atom. The number of nitrogens with zero attached hydrogens (tertiary/aromatic N) is 2. The number of aryl methyl sites for hydroxylation is 1. The highest BCUT2D eigenvalue weighted by molar-refractivity contribution is 6.30. The predicted molar refractivity (Wildman–Crippen MR) is 95.8 cm³/mol. The van der Waals surface area contributed by atoms with Crippen molar-refractivity contribution in [1.82, 2.24) is 14.7 Å². The summed E-state index contributed by atoms with van der Waals surface area (Å²) in [6, 6.07) is 10.8. The lowest BCUT2D eigenvalue weighted by atomic mass is 10.3. The quantitative estimate of drug-likeness (QED) is 0.687. The molecule has 3 aromatic rings. The minimum absolute atomic E-state index is 0.217. The number of benzene rings is 1. The van der Waals surface area contributed by atoms with Crippen molar-refractivity contribution in [2.24, 2.45) is 0 Å². The van der Waals surface area contributed by atoms with Crippen LogP contribution in [0.2, 0.25) is 5.02 Å². The standard InChI is InChI=1S/C18H18ClN3O3/c1-12-17(22-11-13(19)3-8-16(22)21-12)18(23)20-9-10-25-15-6-4-14(24-2)5-7-15/h3-8,11H,9-10H2,1-2H3,(H,20,23). The molecule has 0 radical (unpaired) electrons. The lowest BCUT2D eigenvalue weighted by molar-refractivity contribution is 0.0940. The monoisotopic (exact) mass is 359 g/mol. The Balaban J connectivity index is 1.59. The molecule has 0 saturated heterocycles. The van der Waals surface area contributed by atoms with Gasteiger partial charge in [0.05, 0.1) is 24.4 Å². The number of fused-ring (bicyclic) bond motifs is 1. The van der Waals surface area contributed by atoms with Crippen molar-refractivity contribution < 1.29 is 14.3 Å². The van der Waals surface area contributed by atoms with Crippen molar-refractivity contribution >= 4 is 23.2 Å². The molecule has 6 nitrogen and oxygen atoms in total. The zero-order valence-electron chi connectivity index (χ0n) is 14.0. The number of aromatic nitrogens is 2. The molecule has 0 spiro atoms. The van der Waals surface area contributed by atoms with Gasteiger partial charge in [-0.15, -0.1) is 0 Å². The Morgan fingerprint density at radius 2 is 1.92 bits per heavy atom. The summed E-state index contributed by atoms with van der Waals surface area (Å²) in [5.41, 5.74) is 1.80. The maximum absolute atomic E-state index is 12.5. The van der Waals surface area contributed by atoms with Crippen LogP contribution in [0.15, 0.2) is 42.6 Å². The van der Waals surface area contributed by atoms with E-state index in [1.807, 2.05) is 24.3 Å². The van der Waals surface area contributed by atoms with E-state index in [0.717, 1.165) is 5.75 Å². The topological polar surface area (TPSA) is 64.9 Å². The summed E-state index contributed by atoms with van der Waals surface area (Å²) in [5.74, 6) is 1.26. The molecular weight excluding hydrogens is 342 g/mol. The second kappa shape index (κ2) is 7.44. The molecule has 0 unspecified atom stereocenters. The van der Waals surface area contributed by atoms with E-state index < -0.39 is 0 Å². The Bertz CT molecular complexity index is 890. The van der Waals surface area contributed by atoms with E-state index in [9.17, 15) is 4.79 Å². The Morgan fingerprint density at radius 3 is 2.64 bits per heavy atom. The number of carbonyl (C=O) groups is 1. The van der Waals surface area contributed by atoms with Gasteiger partial charge in [0, 0.05) is 6.20 Å². The van der Waals surface area contributed by atoms with Crippen LogP contribution in [0.25, 0.3) is 5.65 Å². The zero-order chi connectivity index (χ0) is 17.8. The van der Waals surface area contributed by atoms with Crippen molar-refractivity contribution in [3.05, 3.63) is 59.0 Å².